The molecule has 1 N–H and O–H groups in total. The van der Waals surface area contributed by atoms with Crippen molar-refractivity contribution in [1.82, 2.24) is 45.0 Å². The van der Waals surface area contributed by atoms with Crippen LogP contribution in [-0.4, -0.2) is 78.7 Å². The Labute approximate surface area is 336 Å². The highest BCUT2D eigenvalue weighted by molar-refractivity contribution is 5.99. The van der Waals surface area contributed by atoms with Crippen molar-refractivity contribution in [3.8, 4) is 28.5 Å². The molecule has 2 amide bonds. The number of aryl methyl sites for hydroxylation is 1. The Hall–Kier alpha value is -7.15. The van der Waals surface area contributed by atoms with Gasteiger partial charge in [0.1, 0.15) is 11.5 Å². The predicted molar refractivity (Wildman–Crippen MR) is 222 cm³/mol. The molecule has 7 aromatic rings. The Bertz CT molecular complexity index is 2530. The molecule has 0 unspecified atom stereocenters. The highest BCUT2D eigenvalue weighted by Gasteiger charge is 2.26. The van der Waals surface area contributed by atoms with Crippen LogP contribution >= 0.6 is 0 Å². The van der Waals surface area contributed by atoms with E-state index in [0.29, 0.717) is 42.6 Å². The highest BCUT2D eigenvalue weighted by atomic mass is 16.5. The minimum atomic E-state index is -0.258. The quantitative estimate of drug-likeness (QED) is 0.138. The van der Waals surface area contributed by atoms with Gasteiger partial charge in [-0.1, -0.05) is 78.0 Å². The van der Waals surface area contributed by atoms with Crippen LogP contribution < -0.4 is 15.0 Å². The van der Waals surface area contributed by atoms with E-state index in [2.05, 4.69) is 56.8 Å². The third-order valence-electron chi connectivity index (χ3n) is 10.5. The third kappa shape index (κ3) is 8.33. The molecule has 0 aliphatic carbocycles. The summed E-state index contributed by atoms with van der Waals surface area (Å²) in [6.45, 7) is 4.08. The lowest BCUT2D eigenvalue weighted by molar-refractivity contribution is 0.0689. The largest absolute Gasteiger partial charge is 0.467 e. The maximum absolute atomic E-state index is 13.7. The van der Waals surface area contributed by atoms with Crippen LogP contribution in [0.4, 0.5) is 11.5 Å². The number of likely N-dealkylation sites (tertiary alicyclic amines) is 1. The van der Waals surface area contributed by atoms with Gasteiger partial charge in [-0.25, -0.2) is 9.67 Å². The van der Waals surface area contributed by atoms with Crippen molar-refractivity contribution >= 4 is 23.3 Å². The van der Waals surface area contributed by atoms with Crippen LogP contribution in [0.25, 0.3) is 22.5 Å². The normalized spacial score (nSPS) is 13.0. The maximum Gasteiger partial charge on any atom is 0.318 e. The molecule has 4 heterocycles. The number of hydrogen-bond acceptors (Lipinski definition) is 9. The number of rotatable bonds is 12. The second kappa shape index (κ2) is 16.9. The monoisotopic (exact) mass is 772 g/mol. The van der Waals surface area contributed by atoms with Gasteiger partial charge in [-0.2, -0.15) is 10.1 Å². The number of carbonyl (C=O) groups excluding carboxylic acids is 2. The second-order valence-electron chi connectivity index (χ2n) is 14.4. The molecule has 13 nitrogen and oxygen atoms in total. The van der Waals surface area contributed by atoms with Gasteiger partial charge in [0.25, 0.3) is 11.8 Å². The van der Waals surface area contributed by atoms with E-state index in [0.717, 1.165) is 57.7 Å². The summed E-state index contributed by atoms with van der Waals surface area (Å²) in [5, 5.41) is 17.0. The van der Waals surface area contributed by atoms with Crippen molar-refractivity contribution in [2.45, 2.75) is 38.9 Å². The van der Waals surface area contributed by atoms with Crippen LogP contribution in [0, 0.1) is 6.92 Å². The van der Waals surface area contributed by atoms with E-state index in [9.17, 15) is 9.59 Å². The van der Waals surface area contributed by atoms with Crippen molar-refractivity contribution in [2.75, 3.05) is 32.1 Å². The molecular formula is C45H44N10O3. The Morgan fingerprint density at radius 2 is 1.64 bits per heavy atom. The Morgan fingerprint density at radius 3 is 2.41 bits per heavy atom. The molecule has 8 rings (SSSR count). The number of aromatic nitrogens is 7. The van der Waals surface area contributed by atoms with Crippen LogP contribution in [-0.2, 0) is 13.1 Å². The number of carbonyl (C=O) groups is 2. The van der Waals surface area contributed by atoms with Gasteiger partial charge < -0.3 is 19.9 Å². The Morgan fingerprint density at radius 1 is 0.879 bits per heavy atom. The first-order valence-corrected chi connectivity index (χ1v) is 19.3. The summed E-state index contributed by atoms with van der Waals surface area (Å²) >= 11 is 0. The number of amides is 2. The molecule has 1 aliphatic heterocycles. The van der Waals surface area contributed by atoms with Crippen LogP contribution in [0.1, 0.15) is 56.3 Å². The SMILES string of the molecule is COc1nccc(N(C)c2ccc(C)c(-c3cn(C4CCN(C(=O)c5cccc(C(=O)NCc6cn(Cc7ccccc7)nc6-c6ccccc6)c5)CC4)nn3)c2)n1. The molecule has 4 aromatic carbocycles. The standard InChI is InChI=1S/C45H44N10O3/c1-31-17-18-38(52(2)41-19-22-46-45(48-41)58-3)26-39(31)40-30-55(51-49-40)37-20-23-53(24-21-37)44(57)35-16-10-15-34(25-35)43(56)47-27-36-29-54(28-32-11-6-4-7-12-32)50-42(36)33-13-8-5-9-14-33/h4-19,22,25-26,29-30,37H,20-21,23-24,27-28H2,1-3H3,(H,47,56). The zero-order chi connectivity index (χ0) is 40.0. The Kier molecular flexibility index (Phi) is 11.0. The van der Waals surface area contributed by atoms with Crippen molar-refractivity contribution in [3.63, 3.8) is 0 Å². The molecule has 0 saturated carbocycles. The number of anilines is 2. The second-order valence-corrected chi connectivity index (χ2v) is 14.4. The smallest absolute Gasteiger partial charge is 0.318 e. The summed E-state index contributed by atoms with van der Waals surface area (Å²) in [6.07, 6.45) is 7.10. The number of hydrogen-bond donors (Lipinski definition) is 1. The van der Waals surface area contributed by atoms with Crippen molar-refractivity contribution < 1.29 is 14.3 Å². The van der Waals surface area contributed by atoms with E-state index in [1.165, 1.54) is 0 Å². The third-order valence-corrected chi connectivity index (χ3v) is 10.5. The summed E-state index contributed by atoms with van der Waals surface area (Å²) < 4.78 is 9.03. The van der Waals surface area contributed by atoms with E-state index in [1.54, 1.807) is 37.6 Å². The summed E-state index contributed by atoms with van der Waals surface area (Å²) in [4.78, 5) is 39.6. The van der Waals surface area contributed by atoms with E-state index in [1.807, 2.05) is 99.3 Å². The molecule has 0 atom stereocenters. The summed E-state index contributed by atoms with van der Waals surface area (Å²) in [5.41, 5.74) is 8.51. The number of benzene rings is 4. The molecule has 1 aliphatic rings. The van der Waals surface area contributed by atoms with Gasteiger partial charge in [0.15, 0.2) is 0 Å². The van der Waals surface area contributed by atoms with Crippen LogP contribution in [0.15, 0.2) is 128 Å². The van der Waals surface area contributed by atoms with E-state index < -0.39 is 0 Å². The lowest BCUT2D eigenvalue weighted by Gasteiger charge is -2.32. The lowest BCUT2D eigenvalue weighted by Crippen LogP contribution is -2.39. The van der Waals surface area contributed by atoms with Gasteiger partial charge in [-0.05, 0) is 67.3 Å². The average molecular weight is 773 g/mol. The number of nitrogens with one attached hydrogen (secondary N) is 1. The summed E-state index contributed by atoms with van der Waals surface area (Å²) in [5.74, 6) is 0.351. The molecule has 292 valence electrons. The molecule has 1 saturated heterocycles. The first-order valence-electron chi connectivity index (χ1n) is 19.3. The Balaban J connectivity index is 0.893. The zero-order valence-electron chi connectivity index (χ0n) is 32.7. The number of methoxy groups -OCH3 is 1. The predicted octanol–water partition coefficient (Wildman–Crippen LogP) is 7.14. The number of nitrogens with zero attached hydrogens (tertiary/aromatic N) is 9. The first kappa shape index (κ1) is 37.8. The average Bonchev–Trinajstić information content (AvgIpc) is 3.94. The molecule has 0 spiro atoms. The van der Waals surface area contributed by atoms with Crippen molar-refractivity contribution in [1.29, 1.82) is 0 Å². The minimum Gasteiger partial charge on any atom is -0.467 e. The van der Waals surface area contributed by atoms with Gasteiger partial charge in [-0.3, -0.25) is 14.3 Å². The highest BCUT2D eigenvalue weighted by Crippen LogP contribution is 2.31. The van der Waals surface area contributed by atoms with Crippen LogP contribution in [0.2, 0.25) is 0 Å². The molecule has 0 bridgehead atoms. The van der Waals surface area contributed by atoms with Gasteiger partial charge in [0, 0.05) is 72.6 Å². The molecule has 58 heavy (non-hydrogen) atoms. The number of ether oxygens (including phenoxy) is 1. The van der Waals surface area contributed by atoms with Gasteiger partial charge in [0.05, 0.1) is 31.6 Å². The van der Waals surface area contributed by atoms with Crippen molar-refractivity contribution in [3.05, 3.63) is 156 Å². The van der Waals surface area contributed by atoms with Gasteiger partial charge in [-0.15, -0.1) is 5.10 Å². The lowest BCUT2D eigenvalue weighted by atomic mass is 10.0. The molecule has 13 heteroatoms. The van der Waals surface area contributed by atoms with E-state index in [4.69, 9.17) is 9.84 Å². The van der Waals surface area contributed by atoms with Gasteiger partial charge in [0.2, 0.25) is 0 Å². The molecule has 3 aromatic heterocycles. The first-order chi connectivity index (χ1) is 28.3. The maximum atomic E-state index is 13.7. The fourth-order valence-electron chi connectivity index (χ4n) is 7.29. The molecular weight excluding hydrogens is 729 g/mol. The van der Waals surface area contributed by atoms with Crippen LogP contribution in [0.3, 0.4) is 0 Å². The van der Waals surface area contributed by atoms with E-state index >= 15 is 0 Å². The number of piperidine rings is 1. The summed E-state index contributed by atoms with van der Waals surface area (Å²) in [7, 11) is 3.49. The molecule has 1 fully saturated rings. The van der Waals surface area contributed by atoms with Crippen molar-refractivity contribution in [2.24, 2.45) is 0 Å². The van der Waals surface area contributed by atoms with E-state index in [-0.39, 0.29) is 24.4 Å². The minimum absolute atomic E-state index is 0.0971. The topological polar surface area (TPSA) is 136 Å². The summed E-state index contributed by atoms with van der Waals surface area (Å²) in [6, 6.07) is 35.5. The van der Waals surface area contributed by atoms with Gasteiger partial charge >= 0.3 is 6.01 Å². The fraction of sp³-hybridized carbons (Fsp3) is 0.222. The van der Waals surface area contributed by atoms with Crippen LogP contribution in [0.5, 0.6) is 6.01 Å². The zero-order valence-corrected chi connectivity index (χ0v) is 32.7. The molecule has 0 radical (unpaired) electrons. The fourth-order valence-corrected chi connectivity index (χ4v) is 7.29.